The van der Waals surface area contributed by atoms with Crippen LogP contribution in [0, 0.1) is 13.8 Å². The molecule has 2 aromatic rings. The molecule has 0 saturated carbocycles. The molecular formula is C19H19ClO4. The molecule has 0 bridgehead atoms. The predicted octanol–water partition coefficient (Wildman–Crippen LogP) is 4.59. The molecular weight excluding hydrogens is 328 g/mol. The Morgan fingerprint density at radius 3 is 2.21 bits per heavy atom. The van der Waals surface area contributed by atoms with Gasteiger partial charge in [0.15, 0.2) is 11.5 Å². The number of carbonyl (C=O) groups is 1. The van der Waals surface area contributed by atoms with E-state index in [4.69, 9.17) is 25.8 Å². The van der Waals surface area contributed by atoms with E-state index >= 15 is 0 Å². The summed E-state index contributed by atoms with van der Waals surface area (Å²) < 4.78 is 15.7. The molecule has 0 fully saturated rings. The summed E-state index contributed by atoms with van der Waals surface area (Å²) in [4.78, 5) is 12.0. The highest BCUT2D eigenvalue weighted by Crippen LogP contribution is 2.28. The Hall–Kier alpha value is -2.46. The number of ether oxygens (including phenoxy) is 3. The van der Waals surface area contributed by atoms with Crippen LogP contribution < -0.4 is 14.2 Å². The number of rotatable bonds is 5. The minimum absolute atomic E-state index is 0.467. The average molecular weight is 347 g/mol. The molecule has 0 aromatic heterocycles. The van der Waals surface area contributed by atoms with Crippen molar-refractivity contribution in [2.75, 3.05) is 14.2 Å². The first-order valence-corrected chi connectivity index (χ1v) is 7.71. The van der Waals surface area contributed by atoms with Crippen LogP contribution in [0.1, 0.15) is 16.7 Å². The number of aryl methyl sites for hydroxylation is 2. The first-order chi connectivity index (χ1) is 11.4. The van der Waals surface area contributed by atoms with E-state index < -0.39 is 5.97 Å². The van der Waals surface area contributed by atoms with Crippen molar-refractivity contribution in [3.63, 3.8) is 0 Å². The van der Waals surface area contributed by atoms with Gasteiger partial charge in [-0.25, -0.2) is 4.79 Å². The zero-order valence-corrected chi connectivity index (χ0v) is 14.8. The van der Waals surface area contributed by atoms with Crippen LogP contribution in [0.4, 0.5) is 0 Å². The Labute approximate surface area is 146 Å². The SMILES string of the molecule is COc1ccc(/C=C/C(=O)Oc2cc(C)c(Cl)c(C)c2)cc1OC. The molecule has 0 saturated heterocycles. The first kappa shape index (κ1) is 17.9. The maximum Gasteiger partial charge on any atom is 0.336 e. The van der Waals surface area contributed by atoms with Gasteiger partial charge in [0.2, 0.25) is 0 Å². The summed E-state index contributed by atoms with van der Waals surface area (Å²) in [6.07, 6.45) is 3.01. The van der Waals surface area contributed by atoms with Gasteiger partial charge in [-0.05, 0) is 60.9 Å². The first-order valence-electron chi connectivity index (χ1n) is 7.33. The predicted molar refractivity (Wildman–Crippen MR) is 95.1 cm³/mol. The van der Waals surface area contributed by atoms with E-state index in [1.807, 2.05) is 19.9 Å². The summed E-state index contributed by atoms with van der Waals surface area (Å²) in [7, 11) is 3.13. The maximum absolute atomic E-state index is 12.0. The molecule has 0 amide bonds. The van der Waals surface area contributed by atoms with Crippen molar-refractivity contribution >= 4 is 23.6 Å². The molecule has 0 atom stereocenters. The van der Waals surface area contributed by atoms with Crippen LogP contribution in [0.5, 0.6) is 17.2 Å². The number of hydrogen-bond donors (Lipinski definition) is 0. The third-order valence-electron chi connectivity index (χ3n) is 3.45. The van der Waals surface area contributed by atoms with Gasteiger partial charge in [-0.1, -0.05) is 17.7 Å². The minimum Gasteiger partial charge on any atom is -0.493 e. The van der Waals surface area contributed by atoms with E-state index in [0.717, 1.165) is 16.7 Å². The fraction of sp³-hybridized carbons (Fsp3) is 0.211. The highest BCUT2D eigenvalue weighted by atomic mass is 35.5. The third-order valence-corrected chi connectivity index (χ3v) is 4.04. The molecule has 126 valence electrons. The van der Waals surface area contributed by atoms with Gasteiger partial charge in [-0.15, -0.1) is 0 Å². The van der Waals surface area contributed by atoms with E-state index in [1.54, 1.807) is 44.6 Å². The second-order valence-electron chi connectivity index (χ2n) is 5.24. The molecule has 0 heterocycles. The molecule has 0 aliphatic rings. The summed E-state index contributed by atoms with van der Waals surface area (Å²) in [6, 6.07) is 8.84. The molecule has 2 aromatic carbocycles. The lowest BCUT2D eigenvalue weighted by Gasteiger charge is -2.08. The second-order valence-corrected chi connectivity index (χ2v) is 5.62. The Morgan fingerprint density at radius 1 is 1.00 bits per heavy atom. The van der Waals surface area contributed by atoms with Gasteiger partial charge < -0.3 is 14.2 Å². The monoisotopic (exact) mass is 346 g/mol. The van der Waals surface area contributed by atoms with Crippen molar-refractivity contribution < 1.29 is 19.0 Å². The van der Waals surface area contributed by atoms with Gasteiger partial charge in [0.25, 0.3) is 0 Å². The fourth-order valence-corrected chi connectivity index (χ4v) is 2.35. The number of methoxy groups -OCH3 is 2. The Morgan fingerprint density at radius 2 is 1.62 bits per heavy atom. The molecule has 2 rings (SSSR count). The summed E-state index contributed by atoms with van der Waals surface area (Å²) in [5.41, 5.74) is 2.53. The molecule has 0 aliphatic carbocycles. The lowest BCUT2D eigenvalue weighted by atomic mass is 10.1. The molecule has 5 heteroatoms. The van der Waals surface area contributed by atoms with Crippen molar-refractivity contribution in [2.24, 2.45) is 0 Å². The molecule has 0 unspecified atom stereocenters. The van der Waals surface area contributed by atoms with Crippen molar-refractivity contribution in [1.82, 2.24) is 0 Å². The second kappa shape index (κ2) is 7.88. The fourth-order valence-electron chi connectivity index (χ4n) is 2.24. The van der Waals surface area contributed by atoms with E-state index in [0.29, 0.717) is 22.3 Å². The van der Waals surface area contributed by atoms with Crippen LogP contribution in [0.15, 0.2) is 36.4 Å². The summed E-state index contributed by atoms with van der Waals surface area (Å²) in [5, 5.41) is 0.677. The van der Waals surface area contributed by atoms with Crippen molar-refractivity contribution in [3.8, 4) is 17.2 Å². The normalized spacial score (nSPS) is 10.7. The van der Waals surface area contributed by atoms with E-state index in [-0.39, 0.29) is 0 Å². The smallest absolute Gasteiger partial charge is 0.336 e. The Balaban J connectivity index is 2.11. The maximum atomic E-state index is 12.0. The number of esters is 1. The van der Waals surface area contributed by atoms with Gasteiger partial charge in [0, 0.05) is 11.1 Å². The molecule has 4 nitrogen and oxygen atoms in total. The zero-order chi connectivity index (χ0) is 17.7. The summed E-state index contributed by atoms with van der Waals surface area (Å²) in [6.45, 7) is 3.73. The lowest BCUT2D eigenvalue weighted by molar-refractivity contribution is -0.128. The number of benzene rings is 2. The van der Waals surface area contributed by atoms with Crippen LogP contribution in [0.2, 0.25) is 5.02 Å². The van der Waals surface area contributed by atoms with Gasteiger partial charge >= 0.3 is 5.97 Å². The zero-order valence-electron chi connectivity index (χ0n) is 14.1. The van der Waals surface area contributed by atoms with E-state index in [1.165, 1.54) is 6.08 Å². The largest absolute Gasteiger partial charge is 0.493 e. The van der Waals surface area contributed by atoms with Crippen LogP contribution in [0.3, 0.4) is 0 Å². The van der Waals surface area contributed by atoms with E-state index in [9.17, 15) is 4.79 Å². The van der Waals surface area contributed by atoms with Gasteiger partial charge in [0.05, 0.1) is 14.2 Å². The number of hydrogen-bond acceptors (Lipinski definition) is 4. The molecule has 0 spiro atoms. The van der Waals surface area contributed by atoms with Gasteiger partial charge in [-0.2, -0.15) is 0 Å². The van der Waals surface area contributed by atoms with Crippen molar-refractivity contribution in [1.29, 1.82) is 0 Å². The molecule has 0 radical (unpaired) electrons. The van der Waals surface area contributed by atoms with Crippen molar-refractivity contribution in [3.05, 3.63) is 58.1 Å². The highest BCUT2D eigenvalue weighted by molar-refractivity contribution is 6.32. The quantitative estimate of drug-likeness (QED) is 0.451. The Bertz CT molecular complexity index is 758. The van der Waals surface area contributed by atoms with Crippen LogP contribution in [-0.2, 0) is 4.79 Å². The number of halogens is 1. The van der Waals surface area contributed by atoms with Gasteiger partial charge in [-0.3, -0.25) is 0 Å². The highest BCUT2D eigenvalue weighted by Gasteiger charge is 2.07. The standard InChI is InChI=1S/C19H19ClO4/c1-12-9-15(10-13(2)19(12)20)24-18(21)8-6-14-5-7-16(22-3)17(11-14)23-4/h5-11H,1-4H3/b8-6+. The summed E-state index contributed by atoms with van der Waals surface area (Å²) >= 11 is 6.10. The van der Waals surface area contributed by atoms with Crippen LogP contribution in [-0.4, -0.2) is 20.2 Å². The van der Waals surface area contributed by atoms with Crippen molar-refractivity contribution in [2.45, 2.75) is 13.8 Å². The van der Waals surface area contributed by atoms with Crippen LogP contribution >= 0.6 is 11.6 Å². The van der Waals surface area contributed by atoms with E-state index in [2.05, 4.69) is 0 Å². The van der Waals surface area contributed by atoms with Gasteiger partial charge in [0.1, 0.15) is 5.75 Å². The Kier molecular flexibility index (Phi) is 5.88. The molecule has 0 N–H and O–H groups in total. The number of carbonyl (C=O) groups excluding carboxylic acids is 1. The minimum atomic E-state index is -0.467. The summed E-state index contributed by atoms with van der Waals surface area (Å²) in [5.74, 6) is 1.23. The topological polar surface area (TPSA) is 44.8 Å². The third kappa shape index (κ3) is 4.30. The lowest BCUT2D eigenvalue weighted by Crippen LogP contribution is -2.04. The molecule has 0 aliphatic heterocycles. The van der Waals surface area contributed by atoms with Crippen LogP contribution in [0.25, 0.3) is 6.08 Å². The molecule has 24 heavy (non-hydrogen) atoms. The average Bonchev–Trinajstić information content (AvgIpc) is 2.57.